The highest BCUT2D eigenvalue weighted by Gasteiger charge is 2.05. The van der Waals surface area contributed by atoms with Gasteiger partial charge in [-0.25, -0.2) is 0 Å². The summed E-state index contributed by atoms with van der Waals surface area (Å²) in [6.07, 6.45) is 4.07. The lowest BCUT2D eigenvalue weighted by molar-refractivity contribution is 0.455. The summed E-state index contributed by atoms with van der Waals surface area (Å²) in [6, 6.07) is 0.481. The van der Waals surface area contributed by atoms with E-state index in [2.05, 4.69) is 23.7 Å². The Labute approximate surface area is 69.6 Å². The zero-order valence-electron chi connectivity index (χ0n) is 8.13. The molecule has 0 fully saturated rings. The number of nitrogens with zero attached hydrogens (tertiary/aromatic N) is 2. The van der Waals surface area contributed by atoms with Crippen molar-refractivity contribution in [1.29, 1.82) is 0 Å². The normalized spacial score (nSPS) is 13.1. The van der Waals surface area contributed by atoms with Gasteiger partial charge in [0, 0.05) is 19.3 Å². The van der Waals surface area contributed by atoms with Crippen molar-refractivity contribution in [3.63, 3.8) is 0 Å². The van der Waals surface area contributed by atoms with E-state index in [1.807, 2.05) is 33.2 Å². The SMILES string of the molecule is C/C=C/N(C(C)=NC)C(C)C. The third kappa shape index (κ3) is 3.21. The Kier molecular flexibility index (Phi) is 4.59. The summed E-state index contributed by atoms with van der Waals surface area (Å²) in [7, 11) is 1.81. The molecule has 2 nitrogen and oxygen atoms in total. The lowest BCUT2D eigenvalue weighted by Gasteiger charge is -2.23. The third-order valence-electron chi connectivity index (χ3n) is 1.56. The molecule has 2 heteroatoms. The average Bonchev–Trinajstić information content (AvgIpc) is 1.98. The zero-order chi connectivity index (χ0) is 8.85. The molecule has 0 aliphatic heterocycles. The van der Waals surface area contributed by atoms with Crippen LogP contribution in [0.15, 0.2) is 17.3 Å². The van der Waals surface area contributed by atoms with Crippen LogP contribution in [0.25, 0.3) is 0 Å². The standard InChI is InChI=1S/C9H18N2/c1-6-7-11(8(2)3)9(4)10-5/h6-8H,1-5H3/b7-6+,10-9?. The molecule has 0 aromatic carbocycles. The number of amidine groups is 1. The minimum atomic E-state index is 0.481. The van der Waals surface area contributed by atoms with Crippen molar-refractivity contribution in [3.8, 4) is 0 Å². The summed E-state index contributed by atoms with van der Waals surface area (Å²) in [5.74, 6) is 1.05. The molecule has 0 radical (unpaired) electrons. The maximum absolute atomic E-state index is 4.12. The number of allylic oxidation sites excluding steroid dienone is 1. The first-order chi connectivity index (χ1) is 5.13. The van der Waals surface area contributed by atoms with Crippen LogP contribution in [-0.2, 0) is 0 Å². The van der Waals surface area contributed by atoms with Gasteiger partial charge in [-0.1, -0.05) is 6.08 Å². The minimum Gasteiger partial charge on any atom is -0.335 e. The van der Waals surface area contributed by atoms with Gasteiger partial charge in [0.1, 0.15) is 0 Å². The largest absolute Gasteiger partial charge is 0.335 e. The minimum absolute atomic E-state index is 0.481. The van der Waals surface area contributed by atoms with Crippen LogP contribution in [0, 0.1) is 0 Å². The van der Waals surface area contributed by atoms with Gasteiger partial charge in [0.25, 0.3) is 0 Å². The van der Waals surface area contributed by atoms with Crippen LogP contribution in [0.2, 0.25) is 0 Å². The Bertz CT molecular complexity index is 157. The highest BCUT2D eigenvalue weighted by atomic mass is 15.2. The van der Waals surface area contributed by atoms with Crippen LogP contribution in [0.5, 0.6) is 0 Å². The zero-order valence-corrected chi connectivity index (χ0v) is 8.13. The number of aliphatic imine (C=N–C) groups is 1. The predicted octanol–water partition coefficient (Wildman–Crippen LogP) is 2.28. The lowest BCUT2D eigenvalue weighted by Crippen LogP contribution is -2.29. The van der Waals surface area contributed by atoms with E-state index in [-0.39, 0.29) is 0 Å². The molecule has 0 amide bonds. The second-order valence-electron chi connectivity index (χ2n) is 2.75. The summed E-state index contributed by atoms with van der Waals surface area (Å²) in [5, 5.41) is 0. The van der Waals surface area contributed by atoms with Gasteiger partial charge in [0.15, 0.2) is 0 Å². The van der Waals surface area contributed by atoms with Crippen molar-refractivity contribution in [2.24, 2.45) is 4.99 Å². The Balaban J connectivity index is 4.34. The molecule has 11 heavy (non-hydrogen) atoms. The summed E-state index contributed by atoms with van der Waals surface area (Å²) < 4.78 is 0. The van der Waals surface area contributed by atoms with Crippen LogP contribution >= 0.6 is 0 Å². The first kappa shape index (κ1) is 10.2. The first-order valence-electron chi connectivity index (χ1n) is 3.98. The van der Waals surface area contributed by atoms with Crippen molar-refractivity contribution in [3.05, 3.63) is 12.3 Å². The summed E-state index contributed by atoms with van der Waals surface area (Å²) in [5.41, 5.74) is 0. The summed E-state index contributed by atoms with van der Waals surface area (Å²) in [6.45, 7) is 8.32. The second-order valence-corrected chi connectivity index (χ2v) is 2.75. The third-order valence-corrected chi connectivity index (χ3v) is 1.56. The fourth-order valence-corrected chi connectivity index (χ4v) is 0.930. The molecule has 0 saturated carbocycles. The number of hydrogen-bond donors (Lipinski definition) is 0. The van der Waals surface area contributed by atoms with E-state index in [1.54, 1.807) is 0 Å². The van der Waals surface area contributed by atoms with Crippen molar-refractivity contribution >= 4 is 5.84 Å². The van der Waals surface area contributed by atoms with E-state index in [1.165, 1.54) is 0 Å². The van der Waals surface area contributed by atoms with E-state index in [0.29, 0.717) is 6.04 Å². The highest BCUT2D eigenvalue weighted by Crippen LogP contribution is 2.00. The number of hydrogen-bond acceptors (Lipinski definition) is 1. The summed E-state index contributed by atoms with van der Waals surface area (Å²) in [4.78, 5) is 6.26. The van der Waals surface area contributed by atoms with Gasteiger partial charge in [0.2, 0.25) is 0 Å². The van der Waals surface area contributed by atoms with Crippen LogP contribution in [0.3, 0.4) is 0 Å². The van der Waals surface area contributed by atoms with E-state index in [0.717, 1.165) is 5.84 Å². The second kappa shape index (κ2) is 4.94. The lowest BCUT2D eigenvalue weighted by atomic mass is 10.3. The fourth-order valence-electron chi connectivity index (χ4n) is 0.930. The van der Waals surface area contributed by atoms with Crippen molar-refractivity contribution in [1.82, 2.24) is 4.90 Å². The van der Waals surface area contributed by atoms with E-state index in [4.69, 9.17) is 0 Å². The predicted molar refractivity (Wildman–Crippen MR) is 50.8 cm³/mol. The Hall–Kier alpha value is -0.790. The van der Waals surface area contributed by atoms with Crippen molar-refractivity contribution in [2.45, 2.75) is 33.7 Å². The molecule has 0 bridgehead atoms. The van der Waals surface area contributed by atoms with Crippen LogP contribution in [0.1, 0.15) is 27.7 Å². The van der Waals surface area contributed by atoms with Crippen LogP contribution in [0.4, 0.5) is 0 Å². The van der Waals surface area contributed by atoms with Gasteiger partial charge in [-0.3, -0.25) is 4.99 Å². The highest BCUT2D eigenvalue weighted by molar-refractivity contribution is 5.80. The van der Waals surface area contributed by atoms with Gasteiger partial charge >= 0.3 is 0 Å². The van der Waals surface area contributed by atoms with Crippen molar-refractivity contribution in [2.75, 3.05) is 7.05 Å². The van der Waals surface area contributed by atoms with Crippen molar-refractivity contribution < 1.29 is 0 Å². The fraction of sp³-hybridized carbons (Fsp3) is 0.667. The van der Waals surface area contributed by atoms with Gasteiger partial charge in [-0.05, 0) is 27.7 Å². The molecule has 0 aromatic rings. The molecule has 0 spiro atoms. The number of rotatable bonds is 2. The maximum atomic E-state index is 4.12. The molecule has 64 valence electrons. The van der Waals surface area contributed by atoms with Gasteiger partial charge in [0.05, 0.1) is 5.84 Å². The molecule has 0 atom stereocenters. The first-order valence-corrected chi connectivity index (χ1v) is 3.98. The summed E-state index contributed by atoms with van der Waals surface area (Å²) >= 11 is 0. The molecule has 0 unspecified atom stereocenters. The Morgan fingerprint density at radius 2 is 2.00 bits per heavy atom. The Morgan fingerprint density at radius 3 is 2.27 bits per heavy atom. The molecular formula is C9H18N2. The Morgan fingerprint density at radius 1 is 1.45 bits per heavy atom. The van der Waals surface area contributed by atoms with E-state index in [9.17, 15) is 0 Å². The smallest absolute Gasteiger partial charge is 0.0996 e. The molecule has 0 aliphatic rings. The van der Waals surface area contributed by atoms with E-state index < -0.39 is 0 Å². The van der Waals surface area contributed by atoms with Gasteiger partial charge in [-0.2, -0.15) is 0 Å². The van der Waals surface area contributed by atoms with Crippen LogP contribution < -0.4 is 0 Å². The quantitative estimate of drug-likeness (QED) is 0.440. The molecule has 0 rings (SSSR count). The molecule has 0 heterocycles. The molecule has 0 N–H and O–H groups in total. The maximum Gasteiger partial charge on any atom is 0.0996 e. The topological polar surface area (TPSA) is 15.6 Å². The molecular weight excluding hydrogens is 136 g/mol. The van der Waals surface area contributed by atoms with Crippen LogP contribution in [-0.4, -0.2) is 23.8 Å². The molecule has 0 saturated heterocycles. The average molecular weight is 154 g/mol. The monoisotopic (exact) mass is 154 g/mol. The molecule has 0 aromatic heterocycles. The van der Waals surface area contributed by atoms with Gasteiger partial charge < -0.3 is 4.90 Å². The van der Waals surface area contributed by atoms with E-state index >= 15 is 0 Å². The molecule has 0 aliphatic carbocycles. The van der Waals surface area contributed by atoms with Gasteiger partial charge in [-0.15, -0.1) is 0 Å².